The van der Waals surface area contributed by atoms with Crippen LogP contribution >= 0.6 is 15.9 Å². The largest absolute Gasteiger partial charge is 0.507 e. The van der Waals surface area contributed by atoms with E-state index in [4.69, 9.17) is 9.47 Å². The van der Waals surface area contributed by atoms with Crippen molar-refractivity contribution in [3.05, 3.63) is 46.2 Å². The van der Waals surface area contributed by atoms with Crippen molar-refractivity contribution in [1.82, 2.24) is 0 Å². The molecular formula is C14H11BrFNO3. The number of hydrogen-bond acceptors (Lipinski definition) is 4. The van der Waals surface area contributed by atoms with E-state index < -0.39 is 0 Å². The zero-order valence-electron chi connectivity index (χ0n) is 10.3. The molecule has 6 heteroatoms. The lowest BCUT2D eigenvalue weighted by Crippen LogP contribution is -2.00. The quantitative estimate of drug-likeness (QED) is 0.896. The van der Waals surface area contributed by atoms with Crippen LogP contribution in [0.3, 0.4) is 0 Å². The van der Waals surface area contributed by atoms with Crippen molar-refractivity contribution in [1.29, 1.82) is 0 Å². The van der Waals surface area contributed by atoms with Gasteiger partial charge in [-0.05, 0) is 40.2 Å². The molecule has 4 nitrogen and oxygen atoms in total. The van der Waals surface area contributed by atoms with Crippen molar-refractivity contribution in [3.63, 3.8) is 0 Å². The van der Waals surface area contributed by atoms with Crippen LogP contribution < -0.4 is 14.8 Å². The van der Waals surface area contributed by atoms with Gasteiger partial charge in [-0.25, -0.2) is 4.39 Å². The highest BCUT2D eigenvalue weighted by Crippen LogP contribution is 2.37. The van der Waals surface area contributed by atoms with E-state index in [-0.39, 0.29) is 18.4 Å². The maximum absolute atomic E-state index is 13.1. The summed E-state index contributed by atoms with van der Waals surface area (Å²) in [6.07, 6.45) is 0. The molecule has 0 amide bonds. The number of benzene rings is 2. The summed E-state index contributed by atoms with van der Waals surface area (Å²) in [5.74, 6) is 0.958. The molecule has 0 saturated heterocycles. The Bertz CT molecular complexity index is 663. The van der Waals surface area contributed by atoms with Gasteiger partial charge in [0.1, 0.15) is 11.6 Å². The molecular weight excluding hydrogens is 329 g/mol. The number of anilines is 1. The highest BCUT2D eigenvalue weighted by molar-refractivity contribution is 9.10. The monoisotopic (exact) mass is 339 g/mol. The van der Waals surface area contributed by atoms with E-state index in [1.807, 2.05) is 0 Å². The Balaban J connectivity index is 1.76. The predicted molar refractivity (Wildman–Crippen MR) is 75.7 cm³/mol. The van der Waals surface area contributed by atoms with E-state index in [1.54, 1.807) is 18.2 Å². The van der Waals surface area contributed by atoms with Crippen LogP contribution in [0, 0.1) is 5.82 Å². The Morgan fingerprint density at radius 1 is 1.20 bits per heavy atom. The molecule has 0 fully saturated rings. The van der Waals surface area contributed by atoms with Gasteiger partial charge in [-0.2, -0.15) is 0 Å². The maximum atomic E-state index is 13.1. The summed E-state index contributed by atoms with van der Waals surface area (Å²) in [5, 5.41) is 13.0. The molecule has 2 N–H and O–H groups in total. The van der Waals surface area contributed by atoms with E-state index in [1.165, 1.54) is 12.1 Å². The van der Waals surface area contributed by atoms with E-state index in [2.05, 4.69) is 21.2 Å². The first kappa shape index (κ1) is 13.1. The Kier molecular flexibility index (Phi) is 3.40. The van der Waals surface area contributed by atoms with Gasteiger partial charge in [-0.15, -0.1) is 0 Å². The first-order valence-corrected chi connectivity index (χ1v) is 6.73. The lowest BCUT2D eigenvalue weighted by Gasteiger charge is -2.09. The minimum absolute atomic E-state index is 0.128. The molecule has 3 rings (SSSR count). The Morgan fingerprint density at radius 2 is 1.95 bits per heavy atom. The Morgan fingerprint density at radius 3 is 2.70 bits per heavy atom. The molecule has 2 aromatic rings. The number of rotatable bonds is 3. The van der Waals surface area contributed by atoms with Crippen LogP contribution in [0.15, 0.2) is 34.8 Å². The number of nitrogens with one attached hydrogen (secondary N) is 1. The maximum Gasteiger partial charge on any atom is 0.231 e. The van der Waals surface area contributed by atoms with E-state index in [0.717, 1.165) is 5.69 Å². The molecule has 0 radical (unpaired) electrons. The number of phenols is 1. The third-order valence-electron chi connectivity index (χ3n) is 2.98. The van der Waals surface area contributed by atoms with Crippen molar-refractivity contribution in [2.24, 2.45) is 0 Å². The van der Waals surface area contributed by atoms with Crippen LogP contribution in [0.4, 0.5) is 10.1 Å². The summed E-state index contributed by atoms with van der Waals surface area (Å²) in [7, 11) is 0. The van der Waals surface area contributed by atoms with Gasteiger partial charge < -0.3 is 19.9 Å². The summed E-state index contributed by atoms with van der Waals surface area (Å²) in [6.45, 7) is 0.553. The van der Waals surface area contributed by atoms with Crippen molar-refractivity contribution >= 4 is 21.6 Å². The van der Waals surface area contributed by atoms with Gasteiger partial charge >= 0.3 is 0 Å². The highest BCUT2D eigenvalue weighted by atomic mass is 79.9. The molecule has 1 aliphatic heterocycles. The van der Waals surface area contributed by atoms with Gasteiger partial charge in [-0.3, -0.25) is 0 Å². The number of hydrogen-bond donors (Lipinski definition) is 2. The molecule has 1 heterocycles. The minimum atomic E-state index is -0.318. The van der Waals surface area contributed by atoms with Crippen molar-refractivity contribution in [2.45, 2.75) is 6.54 Å². The normalized spacial score (nSPS) is 12.5. The van der Waals surface area contributed by atoms with Gasteiger partial charge in [0.25, 0.3) is 0 Å². The van der Waals surface area contributed by atoms with Crippen LogP contribution in [0.1, 0.15) is 5.56 Å². The zero-order chi connectivity index (χ0) is 14.1. The van der Waals surface area contributed by atoms with Gasteiger partial charge in [0, 0.05) is 23.9 Å². The Hall–Kier alpha value is -1.95. The SMILES string of the molecule is Oc1cc2c(cc1CNc1ccc(F)c(Br)c1)OCO2. The van der Waals surface area contributed by atoms with Gasteiger partial charge in [-0.1, -0.05) is 0 Å². The van der Waals surface area contributed by atoms with E-state index >= 15 is 0 Å². The zero-order valence-corrected chi connectivity index (χ0v) is 11.9. The van der Waals surface area contributed by atoms with Crippen LogP contribution in [0.25, 0.3) is 0 Å². The molecule has 0 unspecified atom stereocenters. The molecule has 0 saturated carbocycles. The molecule has 0 atom stereocenters. The van der Waals surface area contributed by atoms with Crippen molar-refractivity contribution in [3.8, 4) is 17.2 Å². The molecule has 104 valence electrons. The summed E-state index contributed by atoms with van der Waals surface area (Å²) in [4.78, 5) is 0. The molecule has 2 aromatic carbocycles. The number of ether oxygens (including phenoxy) is 2. The van der Waals surface area contributed by atoms with E-state index in [9.17, 15) is 9.50 Å². The number of aromatic hydroxyl groups is 1. The average Bonchev–Trinajstić information content (AvgIpc) is 2.87. The van der Waals surface area contributed by atoms with Gasteiger partial charge in [0.2, 0.25) is 6.79 Å². The molecule has 0 aliphatic carbocycles. The lowest BCUT2D eigenvalue weighted by atomic mass is 10.1. The molecule has 20 heavy (non-hydrogen) atoms. The Labute approximate surface area is 123 Å². The summed E-state index contributed by atoms with van der Waals surface area (Å²) in [6, 6.07) is 7.89. The molecule has 0 bridgehead atoms. The van der Waals surface area contributed by atoms with Crippen molar-refractivity contribution in [2.75, 3.05) is 12.1 Å². The van der Waals surface area contributed by atoms with Gasteiger partial charge in [0.05, 0.1) is 4.47 Å². The highest BCUT2D eigenvalue weighted by Gasteiger charge is 2.16. The number of fused-ring (bicyclic) bond motifs is 1. The van der Waals surface area contributed by atoms with Crippen molar-refractivity contribution < 1.29 is 19.0 Å². The number of phenolic OH excluding ortho intramolecular Hbond substituents is 1. The second-order valence-electron chi connectivity index (χ2n) is 4.32. The molecule has 0 aromatic heterocycles. The van der Waals surface area contributed by atoms with Crippen LogP contribution in [0.5, 0.6) is 17.2 Å². The predicted octanol–water partition coefficient (Wildman–Crippen LogP) is 3.63. The summed E-state index contributed by atoms with van der Waals surface area (Å²) < 4.78 is 24.0. The molecule has 1 aliphatic rings. The fourth-order valence-corrected chi connectivity index (χ4v) is 2.30. The van der Waals surface area contributed by atoms with E-state index in [0.29, 0.717) is 28.1 Å². The third kappa shape index (κ3) is 2.51. The molecule has 0 spiro atoms. The van der Waals surface area contributed by atoms with Crippen LogP contribution in [0.2, 0.25) is 0 Å². The summed E-state index contributed by atoms with van der Waals surface area (Å²) in [5.41, 5.74) is 1.42. The average molecular weight is 340 g/mol. The smallest absolute Gasteiger partial charge is 0.231 e. The standard InChI is InChI=1S/C14H11BrFNO3/c15-10-4-9(1-2-11(10)16)17-6-8-3-13-14(5-12(8)18)20-7-19-13/h1-5,17-18H,6-7H2. The number of halogens is 2. The fraction of sp³-hybridized carbons (Fsp3) is 0.143. The van der Waals surface area contributed by atoms with Crippen LogP contribution in [-0.4, -0.2) is 11.9 Å². The second-order valence-corrected chi connectivity index (χ2v) is 5.17. The second kappa shape index (κ2) is 5.20. The summed E-state index contributed by atoms with van der Waals surface area (Å²) >= 11 is 3.13. The minimum Gasteiger partial charge on any atom is -0.507 e. The third-order valence-corrected chi connectivity index (χ3v) is 3.58. The lowest BCUT2D eigenvalue weighted by molar-refractivity contribution is 0.174. The topological polar surface area (TPSA) is 50.7 Å². The fourth-order valence-electron chi connectivity index (χ4n) is 1.92. The first-order valence-electron chi connectivity index (χ1n) is 5.94. The van der Waals surface area contributed by atoms with Gasteiger partial charge in [0.15, 0.2) is 11.5 Å². The van der Waals surface area contributed by atoms with Crippen LogP contribution in [-0.2, 0) is 6.54 Å². The first-order chi connectivity index (χ1) is 9.63.